The van der Waals surface area contributed by atoms with Crippen molar-refractivity contribution in [1.82, 2.24) is 0 Å². The van der Waals surface area contributed by atoms with E-state index < -0.39 is 0 Å². The quantitative estimate of drug-likeness (QED) is 0.700. The highest BCUT2D eigenvalue weighted by molar-refractivity contribution is 5.92. The summed E-state index contributed by atoms with van der Waals surface area (Å²) in [6.07, 6.45) is 1.71. The van der Waals surface area contributed by atoms with Gasteiger partial charge in [0, 0.05) is 17.3 Å². The molecule has 0 saturated carbocycles. The Morgan fingerprint density at radius 1 is 0.958 bits per heavy atom. The van der Waals surface area contributed by atoms with Crippen molar-refractivity contribution in [2.45, 2.75) is 33.6 Å². The number of anilines is 3. The van der Waals surface area contributed by atoms with E-state index in [0.717, 1.165) is 35.7 Å². The summed E-state index contributed by atoms with van der Waals surface area (Å²) in [5.74, 6) is 0.981. The lowest BCUT2D eigenvalue weighted by molar-refractivity contribution is -0.120. The number of hydrogen-bond acceptors (Lipinski definition) is 3. The molecule has 0 bridgehead atoms. The smallest absolute Gasteiger partial charge is 0.227 e. The van der Waals surface area contributed by atoms with Crippen LogP contribution in [0.4, 0.5) is 17.1 Å². The summed E-state index contributed by atoms with van der Waals surface area (Å²) >= 11 is 0. The second kappa shape index (κ2) is 8.96. The summed E-state index contributed by atoms with van der Waals surface area (Å²) in [7, 11) is 0. The first-order valence-electron chi connectivity index (χ1n) is 8.57. The molecule has 4 nitrogen and oxygen atoms in total. The van der Waals surface area contributed by atoms with Gasteiger partial charge in [-0.05, 0) is 56.2 Å². The van der Waals surface area contributed by atoms with Crippen LogP contribution in [0, 0.1) is 5.92 Å². The molecule has 2 rings (SSSR count). The molecule has 0 aliphatic carbocycles. The number of nitrogens with one attached hydrogen (secondary N) is 2. The molecular formula is C20H26N2O2. The zero-order chi connectivity index (χ0) is 17.4. The zero-order valence-corrected chi connectivity index (χ0v) is 14.6. The molecule has 0 aliphatic rings. The van der Waals surface area contributed by atoms with Gasteiger partial charge in [-0.15, -0.1) is 0 Å². The van der Waals surface area contributed by atoms with E-state index in [1.165, 1.54) is 0 Å². The molecule has 0 heterocycles. The van der Waals surface area contributed by atoms with Crippen molar-refractivity contribution in [3.8, 4) is 5.75 Å². The Hall–Kier alpha value is -2.49. The van der Waals surface area contributed by atoms with Crippen LogP contribution in [-0.2, 0) is 4.79 Å². The summed E-state index contributed by atoms with van der Waals surface area (Å²) in [6, 6.07) is 15.6. The number of ether oxygens (including phenoxy) is 1. The molecular weight excluding hydrogens is 300 g/mol. The van der Waals surface area contributed by atoms with Gasteiger partial charge in [0.15, 0.2) is 0 Å². The average Bonchev–Trinajstić information content (AvgIpc) is 2.60. The highest BCUT2D eigenvalue weighted by Gasteiger charge is 2.13. The van der Waals surface area contributed by atoms with Crippen LogP contribution in [0.3, 0.4) is 0 Å². The summed E-state index contributed by atoms with van der Waals surface area (Å²) in [5.41, 5.74) is 2.69. The molecule has 0 aromatic heterocycles. The molecule has 2 N–H and O–H groups in total. The molecule has 0 radical (unpaired) electrons. The topological polar surface area (TPSA) is 50.4 Å². The summed E-state index contributed by atoms with van der Waals surface area (Å²) in [6.45, 7) is 6.67. The molecule has 1 amide bonds. The second-order valence-electron chi connectivity index (χ2n) is 5.63. The molecule has 0 saturated heterocycles. The predicted octanol–water partition coefficient (Wildman–Crippen LogP) is 5.20. The van der Waals surface area contributed by atoms with E-state index in [2.05, 4.69) is 10.6 Å². The maximum absolute atomic E-state index is 12.1. The lowest BCUT2D eigenvalue weighted by Crippen LogP contribution is -2.21. The van der Waals surface area contributed by atoms with Crippen molar-refractivity contribution in [3.05, 3.63) is 48.5 Å². The molecule has 0 atom stereocenters. The van der Waals surface area contributed by atoms with Gasteiger partial charge >= 0.3 is 0 Å². The highest BCUT2D eigenvalue weighted by Crippen LogP contribution is 2.28. The Bertz CT molecular complexity index is 649. The average molecular weight is 326 g/mol. The van der Waals surface area contributed by atoms with E-state index in [-0.39, 0.29) is 11.8 Å². The van der Waals surface area contributed by atoms with Crippen LogP contribution in [0.15, 0.2) is 48.5 Å². The summed E-state index contributed by atoms with van der Waals surface area (Å²) < 4.78 is 5.62. The number of para-hydroxylation sites is 2. The lowest BCUT2D eigenvalue weighted by Gasteiger charge is -2.14. The van der Waals surface area contributed by atoms with Crippen molar-refractivity contribution in [1.29, 1.82) is 0 Å². The van der Waals surface area contributed by atoms with Crippen LogP contribution in [0.1, 0.15) is 33.6 Å². The van der Waals surface area contributed by atoms with Crippen LogP contribution in [0.25, 0.3) is 0 Å². The minimum atomic E-state index is 0.0703. The molecule has 0 fully saturated rings. The van der Waals surface area contributed by atoms with Gasteiger partial charge in [-0.3, -0.25) is 4.79 Å². The minimum absolute atomic E-state index is 0.0703. The number of rotatable bonds is 8. The first kappa shape index (κ1) is 17.9. The van der Waals surface area contributed by atoms with Crippen LogP contribution >= 0.6 is 0 Å². The van der Waals surface area contributed by atoms with E-state index in [9.17, 15) is 4.79 Å². The Morgan fingerprint density at radius 3 is 2.21 bits per heavy atom. The van der Waals surface area contributed by atoms with Crippen LogP contribution < -0.4 is 15.4 Å². The first-order chi connectivity index (χ1) is 11.7. The third-order valence-electron chi connectivity index (χ3n) is 3.97. The Morgan fingerprint density at radius 2 is 1.58 bits per heavy atom. The van der Waals surface area contributed by atoms with E-state index in [4.69, 9.17) is 4.74 Å². The molecule has 0 spiro atoms. The SMILES string of the molecule is CCOc1ccccc1Nc1ccc(NC(=O)C(CC)CC)cc1. The fourth-order valence-corrected chi connectivity index (χ4v) is 2.55. The van der Waals surface area contributed by atoms with Crippen molar-refractivity contribution in [2.75, 3.05) is 17.2 Å². The third kappa shape index (κ3) is 4.75. The monoisotopic (exact) mass is 326 g/mol. The van der Waals surface area contributed by atoms with Gasteiger partial charge in [-0.25, -0.2) is 0 Å². The van der Waals surface area contributed by atoms with Gasteiger partial charge in [0.25, 0.3) is 0 Å². The number of benzene rings is 2. The van der Waals surface area contributed by atoms with Gasteiger partial charge in [0.05, 0.1) is 12.3 Å². The fraction of sp³-hybridized carbons (Fsp3) is 0.350. The second-order valence-corrected chi connectivity index (χ2v) is 5.63. The fourth-order valence-electron chi connectivity index (χ4n) is 2.55. The lowest BCUT2D eigenvalue weighted by atomic mass is 10.0. The third-order valence-corrected chi connectivity index (χ3v) is 3.97. The van der Waals surface area contributed by atoms with Gasteiger partial charge in [0.2, 0.25) is 5.91 Å². The van der Waals surface area contributed by atoms with Crippen molar-refractivity contribution < 1.29 is 9.53 Å². The Labute approximate surface area is 144 Å². The van der Waals surface area contributed by atoms with Gasteiger partial charge in [-0.1, -0.05) is 26.0 Å². The standard InChI is InChI=1S/C20H26N2O2/c1-4-15(5-2)20(23)22-17-13-11-16(12-14-17)21-18-9-7-8-10-19(18)24-6-3/h7-15,21H,4-6H2,1-3H3,(H,22,23). The molecule has 4 heteroatoms. The van der Waals surface area contributed by atoms with Crippen LogP contribution in [0.5, 0.6) is 5.75 Å². The normalized spacial score (nSPS) is 10.5. The molecule has 128 valence electrons. The number of amides is 1. The minimum Gasteiger partial charge on any atom is -0.492 e. The number of carbonyl (C=O) groups excluding carboxylic acids is 1. The summed E-state index contributed by atoms with van der Waals surface area (Å²) in [4.78, 5) is 12.1. The van der Waals surface area contributed by atoms with Gasteiger partial charge in [0.1, 0.15) is 5.75 Å². The van der Waals surface area contributed by atoms with Crippen molar-refractivity contribution in [2.24, 2.45) is 5.92 Å². The molecule has 24 heavy (non-hydrogen) atoms. The van der Waals surface area contributed by atoms with Crippen LogP contribution in [-0.4, -0.2) is 12.5 Å². The van der Waals surface area contributed by atoms with Gasteiger partial charge < -0.3 is 15.4 Å². The maximum Gasteiger partial charge on any atom is 0.227 e. The van der Waals surface area contributed by atoms with Crippen molar-refractivity contribution in [3.63, 3.8) is 0 Å². The maximum atomic E-state index is 12.1. The zero-order valence-electron chi connectivity index (χ0n) is 14.6. The Kier molecular flexibility index (Phi) is 6.67. The summed E-state index contributed by atoms with van der Waals surface area (Å²) in [5, 5.41) is 6.32. The molecule has 0 unspecified atom stereocenters. The van der Waals surface area contributed by atoms with Gasteiger partial charge in [-0.2, -0.15) is 0 Å². The van der Waals surface area contributed by atoms with Crippen LogP contribution in [0.2, 0.25) is 0 Å². The highest BCUT2D eigenvalue weighted by atomic mass is 16.5. The predicted molar refractivity (Wildman–Crippen MR) is 100 cm³/mol. The van der Waals surface area contributed by atoms with E-state index >= 15 is 0 Å². The Balaban J connectivity index is 2.03. The van der Waals surface area contributed by atoms with E-state index in [1.807, 2.05) is 69.3 Å². The molecule has 0 aliphatic heterocycles. The molecule has 2 aromatic rings. The van der Waals surface area contributed by atoms with Crippen molar-refractivity contribution >= 4 is 23.0 Å². The number of hydrogen-bond donors (Lipinski definition) is 2. The van der Waals surface area contributed by atoms with E-state index in [0.29, 0.717) is 6.61 Å². The largest absolute Gasteiger partial charge is 0.492 e. The molecule has 2 aromatic carbocycles. The first-order valence-corrected chi connectivity index (χ1v) is 8.57. The number of carbonyl (C=O) groups is 1. The van der Waals surface area contributed by atoms with E-state index in [1.54, 1.807) is 0 Å².